The summed E-state index contributed by atoms with van der Waals surface area (Å²) in [4.78, 5) is 26.2. The minimum absolute atomic E-state index is 0. The molecule has 0 aliphatic carbocycles. The summed E-state index contributed by atoms with van der Waals surface area (Å²) in [5, 5.41) is 0. The number of nitrogens with zero attached hydrogens (tertiary/aromatic N) is 1. The van der Waals surface area contributed by atoms with Crippen molar-refractivity contribution in [3.63, 3.8) is 0 Å². The molecule has 2 aromatic carbocycles. The number of ether oxygens (including phenoxy) is 1. The zero-order valence-electron chi connectivity index (χ0n) is 19.2. The van der Waals surface area contributed by atoms with Crippen LogP contribution in [0.15, 0.2) is 58.3 Å². The van der Waals surface area contributed by atoms with Crippen LogP contribution in [-0.4, -0.2) is 82.7 Å². The molecule has 0 unspecified atom stereocenters. The van der Waals surface area contributed by atoms with Crippen LogP contribution in [0.2, 0.25) is 0 Å². The van der Waals surface area contributed by atoms with Gasteiger partial charge in [0.25, 0.3) is 5.56 Å². The van der Waals surface area contributed by atoms with Crippen LogP contribution >= 0.6 is 0 Å². The summed E-state index contributed by atoms with van der Waals surface area (Å²) in [7, 11) is -1.75. The fraction of sp³-hybridized carbons (Fsp3) is 0.250. The van der Waals surface area contributed by atoms with E-state index in [4.69, 9.17) is 4.74 Å². The van der Waals surface area contributed by atoms with Gasteiger partial charge in [-0.05, 0) is 35.2 Å². The molecule has 3 aromatic rings. The average Bonchev–Trinajstić information content (AvgIpc) is 2.71. The summed E-state index contributed by atoms with van der Waals surface area (Å²) >= 11 is 0. The number of hydrogen-bond acceptors (Lipinski definition) is 5. The predicted molar refractivity (Wildman–Crippen MR) is 139 cm³/mol. The number of H-pyrrole nitrogens is 1. The van der Waals surface area contributed by atoms with Crippen molar-refractivity contribution in [2.24, 2.45) is 0 Å². The topological polar surface area (TPSA) is 110 Å². The number of aromatic amines is 1. The maximum atomic E-state index is 12.4. The van der Waals surface area contributed by atoms with E-state index in [2.05, 4.69) is 9.71 Å². The van der Waals surface area contributed by atoms with Crippen LogP contribution in [-0.2, 0) is 15.4 Å². The number of methoxy groups -OCH3 is 1. The van der Waals surface area contributed by atoms with Gasteiger partial charge in [0.2, 0.25) is 10.0 Å². The van der Waals surface area contributed by atoms with Crippen molar-refractivity contribution in [2.75, 3.05) is 18.1 Å². The van der Waals surface area contributed by atoms with Crippen molar-refractivity contribution in [1.82, 2.24) is 9.55 Å². The van der Waals surface area contributed by atoms with Crippen molar-refractivity contribution < 1.29 is 13.2 Å². The van der Waals surface area contributed by atoms with E-state index in [9.17, 15) is 18.0 Å². The van der Waals surface area contributed by atoms with E-state index in [1.807, 2.05) is 45.1 Å². The Bertz CT molecular complexity index is 1420. The van der Waals surface area contributed by atoms with Gasteiger partial charge in [-0.3, -0.25) is 19.1 Å². The summed E-state index contributed by atoms with van der Waals surface area (Å²) < 4.78 is 32.3. The van der Waals surface area contributed by atoms with E-state index in [-0.39, 0.29) is 56.8 Å². The Morgan fingerprint density at radius 3 is 2.21 bits per heavy atom. The standard InChI is InChI=1S/C24H27N3O5S.K.H/c1-24(2,3)20-15-19(27-13-12-21(28)25-23(27)29)14-17(22(20)32-4)9-6-16-7-10-18(11-8-16)26-33(5,30)31;;/h6-15,26H,1-5H3,(H,25,28,29);;/b9-6+;;. The fourth-order valence-electron chi connectivity index (χ4n) is 3.37. The second-order valence-electron chi connectivity index (χ2n) is 8.68. The Hall–Kier alpha value is -1.95. The Morgan fingerprint density at radius 1 is 1.03 bits per heavy atom. The fourth-order valence-corrected chi connectivity index (χ4v) is 3.93. The Kier molecular flexibility index (Phi) is 9.31. The molecule has 2 N–H and O–H groups in total. The Balaban J connectivity index is 0.00000408. The number of hydrogen-bond donors (Lipinski definition) is 2. The SMILES string of the molecule is COc1c(/C=C/c2ccc(NS(C)(=O)=O)cc2)cc(-n2ccc(=O)[nH]c2=O)cc1C(C)(C)C.[KH]. The van der Waals surface area contributed by atoms with Crippen molar-refractivity contribution in [3.8, 4) is 11.4 Å². The molecule has 0 aliphatic rings. The van der Waals surface area contributed by atoms with Crippen molar-refractivity contribution in [2.45, 2.75) is 26.2 Å². The van der Waals surface area contributed by atoms with E-state index in [0.29, 0.717) is 17.1 Å². The van der Waals surface area contributed by atoms with E-state index >= 15 is 0 Å². The van der Waals surface area contributed by atoms with Gasteiger partial charge in [-0.15, -0.1) is 0 Å². The molecule has 0 aliphatic heterocycles. The van der Waals surface area contributed by atoms with Gasteiger partial charge in [0.15, 0.2) is 0 Å². The van der Waals surface area contributed by atoms with Crippen molar-refractivity contribution >= 4 is 79.2 Å². The zero-order chi connectivity index (χ0) is 24.4. The zero-order valence-corrected chi connectivity index (χ0v) is 20.0. The van der Waals surface area contributed by atoms with E-state index in [1.54, 1.807) is 31.4 Å². The molecule has 3 rings (SSSR count). The third-order valence-electron chi connectivity index (χ3n) is 4.89. The van der Waals surface area contributed by atoms with E-state index < -0.39 is 21.3 Å². The molecule has 8 nitrogen and oxygen atoms in total. The first kappa shape index (κ1) is 28.3. The number of aromatic nitrogens is 2. The van der Waals surface area contributed by atoms with Gasteiger partial charge in [-0.25, -0.2) is 13.2 Å². The van der Waals surface area contributed by atoms with E-state index in [0.717, 1.165) is 22.9 Å². The molecule has 0 atom stereocenters. The molecule has 0 spiro atoms. The molecule has 0 saturated carbocycles. The average molecular weight is 510 g/mol. The quantitative estimate of drug-likeness (QED) is 0.392. The van der Waals surface area contributed by atoms with Gasteiger partial charge >= 0.3 is 57.1 Å². The molecule has 0 saturated heterocycles. The molecule has 1 aromatic heterocycles. The van der Waals surface area contributed by atoms with Crippen LogP contribution in [0.3, 0.4) is 0 Å². The molecule has 0 radical (unpaired) electrons. The van der Waals surface area contributed by atoms with Gasteiger partial charge in [0, 0.05) is 29.1 Å². The summed E-state index contributed by atoms with van der Waals surface area (Å²) in [6.45, 7) is 6.14. The first-order valence-corrected chi connectivity index (χ1v) is 12.1. The summed E-state index contributed by atoms with van der Waals surface area (Å²) in [5.74, 6) is 0.676. The van der Waals surface area contributed by atoms with Crippen molar-refractivity contribution in [1.29, 1.82) is 0 Å². The number of nitrogens with one attached hydrogen (secondary N) is 2. The summed E-state index contributed by atoms with van der Waals surface area (Å²) in [5.41, 5.74) is 2.28. The Morgan fingerprint density at radius 2 is 1.68 bits per heavy atom. The monoisotopic (exact) mass is 509 g/mol. The van der Waals surface area contributed by atoms with Gasteiger partial charge in [-0.1, -0.05) is 45.1 Å². The second kappa shape index (κ2) is 11.2. The first-order valence-electron chi connectivity index (χ1n) is 10.2. The van der Waals surface area contributed by atoms with Crippen LogP contribution in [0.4, 0.5) is 5.69 Å². The number of sulfonamides is 1. The second-order valence-corrected chi connectivity index (χ2v) is 10.4. The van der Waals surface area contributed by atoms with Crippen LogP contribution in [0.1, 0.15) is 37.5 Å². The van der Waals surface area contributed by atoms with Crippen LogP contribution in [0, 0.1) is 0 Å². The molecule has 10 heteroatoms. The third kappa shape index (κ3) is 7.27. The molecular weight excluding hydrogens is 481 g/mol. The molecular formula is C24H28KN3O5S. The molecule has 0 bridgehead atoms. The molecule has 34 heavy (non-hydrogen) atoms. The van der Waals surface area contributed by atoms with Gasteiger partial charge in [0.05, 0.1) is 19.1 Å². The van der Waals surface area contributed by atoms with Crippen LogP contribution in [0.25, 0.3) is 17.8 Å². The van der Waals surface area contributed by atoms with Crippen molar-refractivity contribution in [3.05, 3.63) is 86.2 Å². The summed E-state index contributed by atoms with van der Waals surface area (Å²) in [6.07, 6.45) is 6.28. The normalized spacial score (nSPS) is 11.8. The molecule has 176 valence electrons. The van der Waals surface area contributed by atoms with Gasteiger partial charge < -0.3 is 4.74 Å². The minimum atomic E-state index is -3.34. The predicted octanol–water partition coefficient (Wildman–Crippen LogP) is 2.73. The number of anilines is 1. The van der Waals surface area contributed by atoms with Crippen LogP contribution in [0.5, 0.6) is 5.75 Å². The third-order valence-corrected chi connectivity index (χ3v) is 5.49. The first-order chi connectivity index (χ1) is 15.4. The van der Waals surface area contributed by atoms with Gasteiger partial charge in [0.1, 0.15) is 5.75 Å². The summed E-state index contributed by atoms with van der Waals surface area (Å²) in [6, 6.07) is 11.9. The Labute approximate surface area is 241 Å². The number of benzene rings is 2. The molecule has 0 fully saturated rings. The van der Waals surface area contributed by atoms with E-state index in [1.165, 1.54) is 16.8 Å². The van der Waals surface area contributed by atoms with Gasteiger partial charge in [-0.2, -0.15) is 0 Å². The number of rotatable bonds is 6. The van der Waals surface area contributed by atoms with Crippen LogP contribution < -0.4 is 20.7 Å². The molecule has 1 heterocycles. The maximum absolute atomic E-state index is 12.4. The molecule has 0 amide bonds.